The molecule has 0 spiro atoms. The normalized spacial score (nSPS) is 14.7. The quantitative estimate of drug-likeness (QED) is 0.539. The number of rotatable bonds is 4. The van der Waals surface area contributed by atoms with Crippen LogP contribution in [0.4, 0.5) is 5.82 Å². The molecule has 4 aromatic rings. The first-order valence-electron chi connectivity index (χ1n) is 10.1. The van der Waals surface area contributed by atoms with Crippen molar-refractivity contribution in [3.63, 3.8) is 0 Å². The third-order valence-electron chi connectivity index (χ3n) is 5.77. The number of imidazole rings is 1. The van der Waals surface area contributed by atoms with E-state index in [-0.39, 0.29) is 5.56 Å². The van der Waals surface area contributed by atoms with Crippen LogP contribution in [0.5, 0.6) is 5.75 Å². The second-order valence-electron chi connectivity index (χ2n) is 7.83. The Hall–Kier alpha value is -3.28. The molecule has 3 heterocycles. The van der Waals surface area contributed by atoms with E-state index in [1.807, 2.05) is 36.4 Å². The van der Waals surface area contributed by atoms with Gasteiger partial charge < -0.3 is 15.0 Å². The summed E-state index contributed by atoms with van der Waals surface area (Å²) in [4.78, 5) is 20.8. The summed E-state index contributed by atoms with van der Waals surface area (Å²) in [5, 5.41) is 4.62. The summed E-state index contributed by atoms with van der Waals surface area (Å²) in [5.41, 5.74) is 3.85. The van der Waals surface area contributed by atoms with Gasteiger partial charge in [0, 0.05) is 18.3 Å². The number of H-pyrrole nitrogens is 1. The molecule has 3 aromatic heterocycles. The van der Waals surface area contributed by atoms with Gasteiger partial charge in [-0.15, -0.1) is 0 Å². The lowest BCUT2D eigenvalue weighted by Gasteiger charge is -2.15. The Labute approximate surface area is 168 Å². The van der Waals surface area contributed by atoms with Crippen LogP contribution in [0.15, 0.2) is 47.4 Å². The van der Waals surface area contributed by atoms with E-state index in [1.165, 1.54) is 12.8 Å². The topological polar surface area (TPSA) is 71.4 Å². The van der Waals surface area contributed by atoms with E-state index in [2.05, 4.69) is 27.8 Å². The van der Waals surface area contributed by atoms with E-state index in [9.17, 15) is 4.79 Å². The maximum absolute atomic E-state index is 13.0. The van der Waals surface area contributed by atoms with Gasteiger partial charge in [0.05, 0.1) is 18.2 Å². The fraction of sp³-hybridized carbons (Fsp3) is 0.304. The highest BCUT2D eigenvalue weighted by Gasteiger charge is 2.22. The van der Waals surface area contributed by atoms with Gasteiger partial charge >= 0.3 is 0 Å². The third kappa shape index (κ3) is 3.14. The highest BCUT2D eigenvalue weighted by molar-refractivity contribution is 5.87. The van der Waals surface area contributed by atoms with Gasteiger partial charge in [-0.2, -0.15) is 0 Å². The van der Waals surface area contributed by atoms with Gasteiger partial charge in [0.2, 0.25) is 0 Å². The van der Waals surface area contributed by atoms with Crippen LogP contribution >= 0.6 is 0 Å². The molecule has 1 aliphatic rings. The number of anilines is 1. The SMILES string of the molecule is COc1ccc2cc(-c3nc4ccc(C)cn4c3NC3CCCC3)c(=O)[nH]c2c1. The average molecular weight is 388 g/mol. The molecular weight excluding hydrogens is 364 g/mol. The maximum atomic E-state index is 13.0. The molecule has 5 rings (SSSR count). The summed E-state index contributed by atoms with van der Waals surface area (Å²) in [6.07, 6.45) is 6.84. The van der Waals surface area contributed by atoms with Gasteiger partial charge in [0.1, 0.15) is 22.9 Å². The molecule has 0 aliphatic heterocycles. The summed E-state index contributed by atoms with van der Waals surface area (Å²) < 4.78 is 7.34. The number of aromatic amines is 1. The first-order chi connectivity index (χ1) is 14.1. The number of methoxy groups -OCH3 is 1. The minimum atomic E-state index is -0.152. The summed E-state index contributed by atoms with van der Waals surface area (Å²) in [6.45, 7) is 2.06. The number of benzene rings is 1. The molecule has 1 saturated carbocycles. The van der Waals surface area contributed by atoms with Gasteiger partial charge in [-0.25, -0.2) is 4.98 Å². The first-order valence-corrected chi connectivity index (χ1v) is 10.1. The van der Waals surface area contributed by atoms with Crippen LogP contribution in [0.25, 0.3) is 27.8 Å². The molecule has 1 aromatic carbocycles. The molecule has 0 bridgehead atoms. The van der Waals surface area contributed by atoms with Crippen LogP contribution in [0, 0.1) is 6.92 Å². The Morgan fingerprint density at radius 3 is 2.79 bits per heavy atom. The molecule has 6 heteroatoms. The van der Waals surface area contributed by atoms with Gasteiger partial charge in [-0.3, -0.25) is 9.20 Å². The molecule has 2 N–H and O–H groups in total. The number of nitrogens with one attached hydrogen (secondary N) is 2. The van der Waals surface area contributed by atoms with Gasteiger partial charge in [-0.05, 0) is 55.0 Å². The van der Waals surface area contributed by atoms with Crippen LogP contribution in [-0.4, -0.2) is 27.5 Å². The van der Waals surface area contributed by atoms with Crippen molar-refractivity contribution in [1.29, 1.82) is 0 Å². The number of hydrogen-bond acceptors (Lipinski definition) is 4. The first kappa shape index (κ1) is 17.8. The average Bonchev–Trinajstić information content (AvgIpc) is 3.35. The van der Waals surface area contributed by atoms with Gasteiger partial charge in [0.15, 0.2) is 0 Å². The molecule has 29 heavy (non-hydrogen) atoms. The Morgan fingerprint density at radius 1 is 1.17 bits per heavy atom. The number of hydrogen-bond donors (Lipinski definition) is 2. The van der Waals surface area contributed by atoms with Crippen molar-refractivity contribution in [3.8, 4) is 17.0 Å². The highest BCUT2D eigenvalue weighted by Crippen LogP contribution is 2.32. The predicted octanol–water partition coefficient (Wildman–Crippen LogP) is 4.51. The molecule has 0 amide bonds. The smallest absolute Gasteiger partial charge is 0.258 e. The van der Waals surface area contributed by atoms with E-state index in [1.54, 1.807) is 7.11 Å². The van der Waals surface area contributed by atoms with Crippen LogP contribution in [0.3, 0.4) is 0 Å². The lowest BCUT2D eigenvalue weighted by Crippen LogP contribution is -2.17. The van der Waals surface area contributed by atoms with E-state index < -0.39 is 0 Å². The van der Waals surface area contributed by atoms with Crippen molar-refractivity contribution < 1.29 is 4.74 Å². The fourth-order valence-corrected chi connectivity index (χ4v) is 4.22. The minimum Gasteiger partial charge on any atom is -0.497 e. The fourth-order valence-electron chi connectivity index (χ4n) is 4.22. The Balaban J connectivity index is 1.71. The molecule has 0 unspecified atom stereocenters. The van der Waals surface area contributed by atoms with Crippen LogP contribution in [-0.2, 0) is 0 Å². The highest BCUT2D eigenvalue weighted by atomic mass is 16.5. The zero-order valence-electron chi connectivity index (χ0n) is 16.7. The lowest BCUT2D eigenvalue weighted by atomic mass is 10.1. The monoisotopic (exact) mass is 388 g/mol. The second kappa shape index (κ2) is 6.95. The third-order valence-corrected chi connectivity index (χ3v) is 5.77. The van der Waals surface area contributed by atoms with Crippen molar-refractivity contribution in [2.45, 2.75) is 38.6 Å². The van der Waals surface area contributed by atoms with Crippen LogP contribution < -0.4 is 15.6 Å². The number of aryl methyl sites for hydroxylation is 1. The predicted molar refractivity (Wildman–Crippen MR) is 116 cm³/mol. The largest absolute Gasteiger partial charge is 0.497 e. The summed E-state index contributed by atoms with van der Waals surface area (Å²) in [7, 11) is 1.62. The Bertz CT molecular complexity index is 1270. The molecule has 148 valence electrons. The molecule has 6 nitrogen and oxygen atoms in total. The number of ether oxygens (including phenoxy) is 1. The van der Waals surface area contributed by atoms with Crippen molar-refractivity contribution >= 4 is 22.4 Å². The number of fused-ring (bicyclic) bond motifs is 2. The van der Waals surface area contributed by atoms with Crippen LogP contribution in [0.1, 0.15) is 31.2 Å². The van der Waals surface area contributed by atoms with E-state index >= 15 is 0 Å². The van der Waals surface area contributed by atoms with Gasteiger partial charge in [-0.1, -0.05) is 18.9 Å². The van der Waals surface area contributed by atoms with E-state index in [0.29, 0.717) is 23.0 Å². The minimum absolute atomic E-state index is 0.152. The second-order valence-corrected chi connectivity index (χ2v) is 7.83. The maximum Gasteiger partial charge on any atom is 0.258 e. The molecule has 1 fully saturated rings. The van der Waals surface area contributed by atoms with Gasteiger partial charge in [0.25, 0.3) is 5.56 Å². The standard InChI is InChI=1S/C23H24N4O2/c1-14-7-10-20-26-21(22(27(20)13-14)24-16-5-3-4-6-16)18-11-15-8-9-17(29-2)12-19(15)25-23(18)28/h7-13,16,24H,3-6H2,1-2H3,(H,25,28). The molecule has 0 saturated heterocycles. The summed E-state index contributed by atoms with van der Waals surface area (Å²) in [6, 6.07) is 12.1. The molecule has 1 aliphatic carbocycles. The molecule has 0 radical (unpaired) electrons. The van der Waals surface area contributed by atoms with Crippen LogP contribution in [0.2, 0.25) is 0 Å². The van der Waals surface area contributed by atoms with Crippen molar-refractivity contribution in [3.05, 3.63) is 58.5 Å². The van der Waals surface area contributed by atoms with Crippen molar-refractivity contribution in [2.75, 3.05) is 12.4 Å². The molecule has 0 atom stereocenters. The summed E-state index contributed by atoms with van der Waals surface area (Å²) in [5.74, 6) is 1.61. The zero-order valence-corrected chi connectivity index (χ0v) is 16.7. The van der Waals surface area contributed by atoms with Crippen molar-refractivity contribution in [1.82, 2.24) is 14.4 Å². The number of pyridine rings is 2. The van der Waals surface area contributed by atoms with E-state index in [0.717, 1.165) is 40.8 Å². The molecular formula is C23H24N4O2. The lowest BCUT2D eigenvalue weighted by molar-refractivity contribution is 0.415. The summed E-state index contributed by atoms with van der Waals surface area (Å²) >= 11 is 0. The van der Waals surface area contributed by atoms with Crippen molar-refractivity contribution in [2.24, 2.45) is 0 Å². The Kier molecular flexibility index (Phi) is 4.27. The van der Waals surface area contributed by atoms with E-state index in [4.69, 9.17) is 9.72 Å². The Morgan fingerprint density at radius 2 is 2.00 bits per heavy atom. The zero-order chi connectivity index (χ0) is 20.0. The number of aromatic nitrogens is 3. The number of nitrogens with zero attached hydrogens (tertiary/aromatic N) is 2.